The highest BCUT2D eigenvalue weighted by Crippen LogP contribution is 2.05. The van der Waals surface area contributed by atoms with Crippen LogP contribution in [-0.4, -0.2) is 24.0 Å². The lowest BCUT2D eigenvalue weighted by atomic mass is 10.2. The number of hydrogen-bond acceptors (Lipinski definition) is 4. The Bertz CT molecular complexity index is 1030. The summed E-state index contributed by atoms with van der Waals surface area (Å²) in [6, 6.07) is 20.9. The van der Waals surface area contributed by atoms with E-state index in [0.717, 1.165) is 0 Å². The summed E-state index contributed by atoms with van der Waals surface area (Å²) >= 11 is 0. The van der Waals surface area contributed by atoms with Gasteiger partial charge in [0.2, 0.25) is 6.54 Å². The Hall–Kier alpha value is -3.71. The molecule has 0 aliphatic carbocycles. The summed E-state index contributed by atoms with van der Waals surface area (Å²) in [5.74, 6) is -1.15. The van der Waals surface area contributed by atoms with Gasteiger partial charge in [-0.3, -0.25) is 9.59 Å². The van der Waals surface area contributed by atoms with Crippen LogP contribution in [0, 0.1) is 0 Å². The number of anilines is 1. The largest absolute Gasteiger partial charge is 1.00 e. The number of halogens is 1. The molecule has 2 N–H and O–H groups in total. The van der Waals surface area contributed by atoms with Crippen LogP contribution >= 0.6 is 0 Å². The highest BCUT2D eigenvalue weighted by atomic mass is 35.5. The number of ether oxygens (including phenoxy) is 1. The van der Waals surface area contributed by atoms with Crippen LogP contribution in [0.4, 0.5) is 5.69 Å². The van der Waals surface area contributed by atoms with Crippen LogP contribution in [0.2, 0.25) is 0 Å². The van der Waals surface area contributed by atoms with Crippen LogP contribution in [0.1, 0.15) is 27.6 Å². The molecule has 0 spiro atoms. The van der Waals surface area contributed by atoms with Crippen molar-refractivity contribution in [3.63, 3.8) is 0 Å². The van der Waals surface area contributed by atoms with Crippen LogP contribution in [0.25, 0.3) is 0 Å². The lowest BCUT2D eigenvalue weighted by molar-refractivity contribution is -0.684. The number of carbonyl (C=O) groups is 3. The number of rotatable bonds is 7. The standard InChI is InChI=1S/C23H21N3O4.ClH/c1-17(30-23(29)18-9-4-2-5-10-18)24-22(28)19-11-8-14-26(15-19)16-21(27)25-20-12-6-3-7-13-20;/h2-15,17H,16H2,1H3,(H-,24,25,27,28);1H. The zero-order valence-electron chi connectivity index (χ0n) is 16.8. The molecule has 2 amide bonds. The monoisotopic (exact) mass is 439 g/mol. The third kappa shape index (κ3) is 7.24. The van der Waals surface area contributed by atoms with E-state index in [9.17, 15) is 14.4 Å². The molecule has 3 aromatic rings. The van der Waals surface area contributed by atoms with E-state index in [0.29, 0.717) is 16.8 Å². The average Bonchev–Trinajstić information content (AvgIpc) is 2.75. The molecule has 2 aromatic carbocycles. The second-order valence-electron chi connectivity index (χ2n) is 6.57. The first-order valence-corrected chi connectivity index (χ1v) is 9.42. The molecule has 3 rings (SSSR count). The highest BCUT2D eigenvalue weighted by molar-refractivity contribution is 5.94. The zero-order valence-corrected chi connectivity index (χ0v) is 17.6. The van der Waals surface area contributed by atoms with Gasteiger partial charge in [0.25, 0.3) is 11.8 Å². The summed E-state index contributed by atoms with van der Waals surface area (Å²) < 4.78 is 6.85. The van der Waals surface area contributed by atoms with Gasteiger partial charge in [0.1, 0.15) is 5.56 Å². The van der Waals surface area contributed by atoms with Crippen molar-refractivity contribution in [2.45, 2.75) is 19.7 Å². The molecule has 1 unspecified atom stereocenters. The van der Waals surface area contributed by atoms with E-state index < -0.39 is 18.1 Å². The Morgan fingerprint density at radius 3 is 2.19 bits per heavy atom. The fraction of sp³-hybridized carbons (Fsp3) is 0.130. The molecule has 160 valence electrons. The van der Waals surface area contributed by atoms with Gasteiger partial charge in [-0.05, 0) is 37.3 Å². The van der Waals surface area contributed by atoms with Crippen LogP contribution in [0.3, 0.4) is 0 Å². The highest BCUT2D eigenvalue weighted by Gasteiger charge is 2.18. The number of pyridine rings is 1. The summed E-state index contributed by atoms with van der Waals surface area (Å²) in [5, 5.41) is 5.41. The molecule has 0 aliphatic rings. The average molecular weight is 440 g/mol. The Labute approximate surface area is 186 Å². The molecular weight excluding hydrogens is 418 g/mol. The number of aromatic nitrogens is 1. The van der Waals surface area contributed by atoms with Crippen molar-refractivity contribution in [2.24, 2.45) is 0 Å². The molecule has 1 atom stereocenters. The number of hydrogen-bond donors (Lipinski definition) is 2. The van der Waals surface area contributed by atoms with Crippen LogP contribution in [-0.2, 0) is 16.1 Å². The molecule has 0 radical (unpaired) electrons. The third-order valence-corrected chi connectivity index (χ3v) is 4.13. The lowest BCUT2D eigenvalue weighted by Gasteiger charge is -2.14. The number of benzene rings is 2. The summed E-state index contributed by atoms with van der Waals surface area (Å²) in [6.07, 6.45) is 2.44. The van der Waals surface area contributed by atoms with Gasteiger partial charge in [-0.2, -0.15) is 4.57 Å². The maximum Gasteiger partial charge on any atom is 0.340 e. The second kappa shape index (κ2) is 11.5. The van der Waals surface area contributed by atoms with Crippen LogP contribution < -0.4 is 27.6 Å². The maximum absolute atomic E-state index is 12.5. The molecule has 0 bridgehead atoms. The van der Waals surface area contributed by atoms with Gasteiger partial charge in [0, 0.05) is 11.8 Å². The number of carbonyl (C=O) groups excluding carboxylic acids is 3. The predicted molar refractivity (Wildman–Crippen MR) is 110 cm³/mol. The van der Waals surface area contributed by atoms with Gasteiger partial charge in [0.05, 0.1) is 5.56 Å². The summed E-state index contributed by atoms with van der Waals surface area (Å²) in [7, 11) is 0. The van der Waals surface area contributed by atoms with E-state index in [2.05, 4.69) is 10.6 Å². The smallest absolute Gasteiger partial charge is 0.340 e. The zero-order chi connectivity index (χ0) is 21.3. The Morgan fingerprint density at radius 1 is 0.903 bits per heavy atom. The lowest BCUT2D eigenvalue weighted by Crippen LogP contribution is -3.00. The summed E-state index contributed by atoms with van der Waals surface area (Å²) in [6.45, 7) is 1.62. The molecule has 1 aromatic heterocycles. The molecule has 0 saturated carbocycles. The van der Waals surface area contributed by atoms with Gasteiger partial charge < -0.3 is 27.8 Å². The van der Waals surface area contributed by atoms with E-state index >= 15 is 0 Å². The van der Waals surface area contributed by atoms with Gasteiger partial charge in [0.15, 0.2) is 18.6 Å². The van der Waals surface area contributed by atoms with E-state index in [1.54, 1.807) is 78.5 Å². The predicted octanol–water partition coefficient (Wildman–Crippen LogP) is -0.450. The van der Waals surface area contributed by atoms with Crippen LogP contribution in [0.5, 0.6) is 0 Å². The number of esters is 1. The molecule has 8 heteroatoms. The van der Waals surface area contributed by atoms with Crippen molar-refractivity contribution in [1.82, 2.24) is 5.32 Å². The number of para-hydroxylation sites is 1. The number of amides is 2. The van der Waals surface area contributed by atoms with E-state index in [4.69, 9.17) is 4.74 Å². The minimum atomic E-state index is -0.819. The van der Waals surface area contributed by atoms with Crippen LogP contribution in [0.15, 0.2) is 85.2 Å². The summed E-state index contributed by atoms with van der Waals surface area (Å²) in [4.78, 5) is 36.8. The minimum absolute atomic E-state index is 0. The van der Waals surface area contributed by atoms with E-state index in [-0.39, 0.29) is 24.9 Å². The molecule has 7 nitrogen and oxygen atoms in total. The normalized spacial score (nSPS) is 10.9. The molecule has 0 fully saturated rings. The van der Waals surface area contributed by atoms with Crippen molar-refractivity contribution < 1.29 is 36.1 Å². The SMILES string of the molecule is CC(NC(=O)c1ccc[n+](CC(=O)Nc2ccccc2)c1)OC(=O)c1ccccc1.[Cl-]. The quantitative estimate of drug-likeness (QED) is 0.296. The second-order valence-corrected chi connectivity index (χ2v) is 6.57. The molecule has 31 heavy (non-hydrogen) atoms. The van der Waals surface area contributed by atoms with E-state index in [1.807, 2.05) is 18.2 Å². The number of nitrogens with one attached hydrogen (secondary N) is 2. The Kier molecular flexibility index (Phi) is 8.72. The topological polar surface area (TPSA) is 88.4 Å². The first-order chi connectivity index (χ1) is 14.5. The minimum Gasteiger partial charge on any atom is -1.00 e. The van der Waals surface area contributed by atoms with Crippen molar-refractivity contribution in [1.29, 1.82) is 0 Å². The van der Waals surface area contributed by atoms with Crippen molar-refractivity contribution in [3.8, 4) is 0 Å². The maximum atomic E-state index is 12.5. The fourth-order valence-electron chi connectivity index (χ4n) is 2.74. The van der Waals surface area contributed by atoms with Gasteiger partial charge in [-0.25, -0.2) is 4.79 Å². The molecule has 1 heterocycles. The van der Waals surface area contributed by atoms with Crippen molar-refractivity contribution >= 4 is 23.5 Å². The number of nitrogens with zero attached hydrogens (tertiary/aromatic N) is 1. The molecule has 0 saturated heterocycles. The van der Waals surface area contributed by atoms with Crippen molar-refractivity contribution in [2.75, 3.05) is 5.32 Å². The fourth-order valence-corrected chi connectivity index (χ4v) is 2.74. The first-order valence-electron chi connectivity index (χ1n) is 9.42. The third-order valence-electron chi connectivity index (χ3n) is 4.13. The summed E-state index contributed by atoms with van der Waals surface area (Å²) in [5.41, 5.74) is 1.44. The first kappa shape index (κ1) is 23.6. The van der Waals surface area contributed by atoms with Gasteiger partial charge in [-0.15, -0.1) is 0 Å². The van der Waals surface area contributed by atoms with E-state index in [1.165, 1.54) is 0 Å². The Balaban J connectivity index is 0.00000341. The molecular formula is C23H22ClN3O4. The Morgan fingerprint density at radius 2 is 1.52 bits per heavy atom. The molecule has 0 aliphatic heterocycles. The van der Waals surface area contributed by atoms with Gasteiger partial charge in [-0.1, -0.05) is 36.4 Å². The van der Waals surface area contributed by atoms with Gasteiger partial charge >= 0.3 is 5.97 Å². The van der Waals surface area contributed by atoms with Crippen molar-refractivity contribution in [3.05, 3.63) is 96.3 Å².